The molecule has 6 heteroatoms. The van der Waals surface area contributed by atoms with Gasteiger partial charge in [-0.15, -0.1) is 0 Å². The second kappa shape index (κ2) is 6.13. The maximum absolute atomic E-state index is 13.0. The first kappa shape index (κ1) is 16.8. The van der Waals surface area contributed by atoms with Crippen LogP contribution in [-0.4, -0.2) is 17.4 Å². The van der Waals surface area contributed by atoms with Crippen LogP contribution in [0.3, 0.4) is 0 Å². The summed E-state index contributed by atoms with van der Waals surface area (Å²) in [5, 5.41) is -0.294. The van der Waals surface area contributed by atoms with Crippen molar-refractivity contribution < 1.29 is 18.0 Å². The summed E-state index contributed by atoms with van der Waals surface area (Å²) < 4.78 is 39.1. The number of benzene rings is 2. The Morgan fingerprint density at radius 3 is 2.50 bits per heavy atom. The Morgan fingerprint density at radius 2 is 1.83 bits per heavy atom. The Balaban J connectivity index is 2.01. The minimum Gasteiger partial charge on any atom is -0.332 e. The van der Waals surface area contributed by atoms with E-state index in [4.69, 9.17) is 11.6 Å². The van der Waals surface area contributed by atoms with Gasteiger partial charge in [-0.25, -0.2) is 0 Å². The maximum Gasteiger partial charge on any atom is 0.417 e. The fourth-order valence-electron chi connectivity index (χ4n) is 3.20. The van der Waals surface area contributed by atoms with Gasteiger partial charge in [0.25, 0.3) is 5.91 Å². The van der Waals surface area contributed by atoms with Gasteiger partial charge >= 0.3 is 6.18 Å². The normalized spacial score (nSPS) is 17.3. The van der Waals surface area contributed by atoms with Gasteiger partial charge < -0.3 is 4.90 Å². The molecule has 1 amide bonds. The number of hydrogen-bond acceptors (Lipinski definition) is 1. The van der Waals surface area contributed by atoms with Crippen molar-refractivity contribution in [1.29, 1.82) is 0 Å². The Morgan fingerprint density at radius 1 is 1.12 bits per heavy atom. The van der Waals surface area contributed by atoms with E-state index < -0.39 is 11.7 Å². The molecule has 1 aliphatic heterocycles. The van der Waals surface area contributed by atoms with E-state index in [0.717, 1.165) is 11.6 Å². The van der Waals surface area contributed by atoms with Gasteiger partial charge in [-0.3, -0.25) is 4.79 Å². The van der Waals surface area contributed by atoms with Crippen molar-refractivity contribution in [2.75, 3.05) is 6.54 Å². The molecule has 0 N–H and O–H groups in total. The zero-order valence-corrected chi connectivity index (χ0v) is 13.7. The Bertz CT molecular complexity index is 788. The van der Waals surface area contributed by atoms with Gasteiger partial charge in [0.2, 0.25) is 0 Å². The zero-order chi connectivity index (χ0) is 17.5. The third-order valence-corrected chi connectivity index (χ3v) is 4.77. The lowest BCUT2D eigenvalue weighted by molar-refractivity contribution is -0.137. The van der Waals surface area contributed by atoms with E-state index in [1.165, 1.54) is 6.07 Å². The molecule has 0 saturated heterocycles. The van der Waals surface area contributed by atoms with Crippen LogP contribution in [-0.2, 0) is 12.6 Å². The average Bonchev–Trinajstić information content (AvgIpc) is 2.80. The van der Waals surface area contributed by atoms with Crippen LogP contribution in [0.1, 0.15) is 40.0 Å². The van der Waals surface area contributed by atoms with Crippen molar-refractivity contribution >= 4 is 17.5 Å². The SMILES string of the molecule is CCN1C(=O)c2ccccc2C1Cc1cccc(C(F)(F)F)c1Cl. The number of fused-ring (bicyclic) bond motifs is 1. The molecular weight excluding hydrogens is 339 g/mol. The Kier molecular flexibility index (Phi) is 4.30. The molecule has 1 unspecified atom stereocenters. The van der Waals surface area contributed by atoms with Crippen LogP contribution >= 0.6 is 11.6 Å². The Hall–Kier alpha value is -2.01. The van der Waals surface area contributed by atoms with Gasteiger partial charge in [0.15, 0.2) is 0 Å². The highest BCUT2D eigenvalue weighted by atomic mass is 35.5. The molecule has 3 rings (SSSR count). The second-order valence-corrected chi connectivity index (χ2v) is 6.05. The van der Waals surface area contributed by atoms with Gasteiger partial charge in [-0.1, -0.05) is 41.9 Å². The number of alkyl halides is 3. The fraction of sp³-hybridized carbons (Fsp3) is 0.278. The largest absolute Gasteiger partial charge is 0.417 e. The summed E-state index contributed by atoms with van der Waals surface area (Å²) >= 11 is 6.00. The fourth-order valence-corrected chi connectivity index (χ4v) is 3.51. The average molecular weight is 354 g/mol. The van der Waals surface area contributed by atoms with Crippen molar-refractivity contribution in [2.24, 2.45) is 0 Å². The van der Waals surface area contributed by atoms with Crippen LogP contribution in [0.5, 0.6) is 0 Å². The summed E-state index contributed by atoms with van der Waals surface area (Å²) in [5.41, 5.74) is 0.979. The number of rotatable bonds is 3. The summed E-state index contributed by atoms with van der Waals surface area (Å²) in [6, 6.07) is 10.8. The second-order valence-electron chi connectivity index (χ2n) is 5.67. The lowest BCUT2D eigenvalue weighted by Gasteiger charge is -2.25. The van der Waals surface area contributed by atoms with E-state index in [1.807, 2.05) is 19.1 Å². The molecule has 1 heterocycles. The standard InChI is InChI=1S/C18H15ClF3NO/c1-2-23-15(12-7-3-4-8-13(12)17(23)24)10-11-6-5-9-14(16(11)19)18(20,21)22/h3-9,15H,2,10H2,1H3. The van der Waals surface area contributed by atoms with Crippen LogP contribution in [0.25, 0.3) is 0 Å². The third-order valence-electron chi connectivity index (χ3n) is 4.33. The van der Waals surface area contributed by atoms with Crippen LogP contribution in [0.15, 0.2) is 42.5 Å². The Labute approximate surface area is 142 Å². The minimum atomic E-state index is -4.50. The van der Waals surface area contributed by atoms with Gasteiger partial charge in [0.05, 0.1) is 16.6 Å². The molecule has 0 radical (unpaired) electrons. The molecule has 1 aliphatic rings. The number of amides is 1. The minimum absolute atomic E-state index is 0.0961. The lowest BCUT2D eigenvalue weighted by atomic mass is 9.97. The number of nitrogens with zero attached hydrogens (tertiary/aromatic N) is 1. The predicted molar refractivity (Wildman–Crippen MR) is 86.1 cm³/mol. The van der Waals surface area contributed by atoms with Crippen LogP contribution < -0.4 is 0 Å². The zero-order valence-electron chi connectivity index (χ0n) is 12.9. The van der Waals surface area contributed by atoms with Crippen molar-refractivity contribution in [3.63, 3.8) is 0 Å². The highest BCUT2D eigenvalue weighted by Crippen LogP contribution is 2.40. The molecule has 2 aromatic rings. The number of carbonyl (C=O) groups excluding carboxylic acids is 1. The molecule has 24 heavy (non-hydrogen) atoms. The first-order valence-electron chi connectivity index (χ1n) is 7.59. The monoisotopic (exact) mass is 353 g/mol. The summed E-state index contributed by atoms with van der Waals surface area (Å²) in [7, 11) is 0. The van der Waals surface area contributed by atoms with Crippen molar-refractivity contribution in [1.82, 2.24) is 4.90 Å². The first-order valence-corrected chi connectivity index (χ1v) is 7.97. The van der Waals surface area contributed by atoms with Crippen LogP contribution in [0.4, 0.5) is 13.2 Å². The van der Waals surface area contributed by atoms with Crippen LogP contribution in [0.2, 0.25) is 5.02 Å². The lowest BCUT2D eigenvalue weighted by Crippen LogP contribution is -2.29. The summed E-state index contributed by atoms with van der Waals surface area (Å²) in [4.78, 5) is 14.1. The van der Waals surface area contributed by atoms with E-state index in [-0.39, 0.29) is 23.4 Å². The molecule has 0 saturated carbocycles. The van der Waals surface area contributed by atoms with Gasteiger partial charge in [-0.05, 0) is 36.6 Å². The number of halogens is 4. The number of hydrogen-bond donors (Lipinski definition) is 0. The van der Waals surface area contributed by atoms with E-state index in [0.29, 0.717) is 17.7 Å². The molecule has 0 spiro atoms. The smallest absolute Gasteiger partial charge is 0.332 e. The number of carbonyl (C=O) groups is 1. The third kappa shape index (κ3) is 2.77. The summed E-state index contributed by atoms with van der Waals surface area (Å²) in [5.74, 6) is -0.0961. The first-order chi connectivity index (χ1) is 11.3. The van der Waals surface area contributed by atoms with Gasteiger partial charge in [-0.2, -0.15) is 13.2 Å². The van der Waals surface area contributed by atoms with Gasteiger partial charge in [0, 0.05) is 12.1 Å². The quantitative estimate of drug-likeness (QED) is 0.750. The summed E-state index contributed by atoms with van der Waals surface area (Å²) in [6.07, 6.45) is -4.25. The maximum atomic E-state index is 13.0. The topological polar surface area (TPSA) is 20.3 Å². The molecule has 0 aromatic heterocycles. The van der Waals surface area contributed by atoms with Crippen molar-refractivity contribution in [3.8, 4) is 0 Å². The van der Waals surface area contributed by atoms with Crippen molar-refractivity contribution in [2.45, 2.75) is 25.6 Å². The molecule has 0 bridgehead atoms. The highest BCUT2D eigenvalue weighted by molar-refractivity contribution is 6.32. The predicted octanol–water partition coefficient (Wildman–Crippen LogP) is 5.12. The molecule has 2 nitrogen and oxygen atoms in total. The molecule has 126 valence electrons. The highest BCUT2D eigenvalue weighted by Gasteiger charge is 2.37. The van der Waals surface area contributed by atoms with Crippen LogP contribution in [0, 0.1) is 0 Å². The summed E-state index contributed by atoms with van der Waals surface area (Å²) in [6.45, 7) is 2.33. The van der Waals surface area contributed by atoms with E-state index in [2.05, 4.69) is 0 Å². The van der Waals surface area contributed by atoms with Gasteiger partial charge in [0.1, 0.15) is 0 Å². The molecular formula is C18H15ClF3NO. The molecule has 2 aromatic carbocycles. The van der Waals surface area contributed by atoms with E-state index in [1.54, 1.807) is 23.1 Å². The van der Waals surface area contributed by atoms with E-state index in [9.17, 15) is 18.0 Å². The van der Waals surface area contributed by atoms with E-state index >= 15 is 0 Å². The number of likely N-dealkylation sites (N-methyl/N-ethyl adjacent to an activating group) is 1. The molecule has 0 fully saturated rings. The molecule has 0 aliphatic carbocycles. The van der Waals surface area contributed by atoms with Crippen molar-refractivity contribution in [3.05, 3.63) is 69.7 Å². The molecule has 1 atom stereocenters.